The van der Waals surface area contributed by atoms with Crippen LogP contribution in [0.15, 0.2) is 59.5 Å². The van der Waals surface area contributed by atoms with Gasteiger partial charge < -0.3 is 10.1 Å². The van der Waals surface area contributed by atoms with Crippen molar-refractivity contribution in [2.45, 2.75) is 44.6 Å². The lowest BCUT2D eigenvalue weighted by Crippen LogP contribution is -2.48. The second kappa shape index (κ2) is 11.0. The number of nitrogens with one attached hydrogen (secondary N) is 2. The van der Waals surface area contributed by atoms with Crippen LogP contribution in [-0.4, -0.2) is 33.5 Å². The van der Waals surface area contributed by atoms with Crippen LogP contribution in [0.25, 0.3) is 0 Å². The number of amides is 1. The van der Waals surface area contributed by atoms with Crippen LogP contribution in [0, 0.1) is 5.92 Å². The summed E-state index contributed by atoms with van der Waals surface area (Å²) in [6, 6.07) is 14.6. The molecule has 0 unspecified atom stereocenters. The monoisotopic (exact) mass is 418 g/mol. The van der Waals surface area contributed by atoms with Crippen molar-refractivity contribution in [3.63, 3.8) is 0 Å². The standard InChI is InChI=1S/C22H30N2O4S/c1-4-28-19-10-12-20(13-11-19)29(26,27)24-21(16-18-8-6-5-7-9-18)22(25)23-15-14-17(2)3/h5-13,17,21,24H,4,14-16H2,1-3H3,(H,23,25)/t21-/m0/s1. The zero-order chi connectivity index (χ0) is 21.3. The largest absolute Gasteiger partial charge is 0.494 e. The summed E-state index contributed by atoms with van der Waals surface area (Å²) >= 11 is 0. The van der Waals surface area contributed by atoms with Crippen LogP contribution in [0.4, 0.5) is 0 Å². The molecule has 0 aliphatic rings. The SMILES string of the molecule is CCOc1ccc(S(=O)(=O)N[C@@H](Cc2ccccc2)C(=O)NCCC(C)C)cc1. The number of sulfonamides is 1. The fraction of sp³-hybridized carbons (Fsp3) is 0.409. The van der Waals surface area contributed by atoms with Gasteiger partial charge in [-0.1, -0.05) is 44.2 Å². The predicted octanol–water partition coefficient (Wildman–Crippen LogP) is 3.14. The van der Waals surface area contributed by atoms with Crippen LogP contribution in [0.1, 0.15) is 32.8 Å². The van der Waals surface area contributed by atoms with Crippen molar-refractivity contribution in [2.24, 2.45) is 5.92 Å². The van der Waals surface area contributed by atoms with Crippen molar-refractivity contribution in [3.05, 3.63) is 60.2 Å². The van der Waals surface area contributed by atoms with E-state index in [4.69, 9.17) is 4.74 Å². The van der Waals surface area contributed by atoms with Gasteiger partial charge in [-0.3, -0.25) is 4.79 Å². The van der Waals surface area contributed by atoms with Crippen molar-refractivity contribution in [1.82, 2.24) is 10.0 Å². The highest BCUT2D eigenvalue weighted by molar-refractivity contribution is 7.89. The molecule has 0 heterocycles. The van der Waals surface area contributed by atoms with Crippen LogP contribution in [0.5, 0.6) is 5.75 Å². The van der Waals surface area contributed by atoms with Gasteiger partial charge in [0.1, 0.15) is 11.8 Å². The fourth-order valence-electron chi connectivity index (χ4n) is 2.78. The highest BCUT2D eigenvalue weighted by atomic mass is 32.2. The molecule has 0 bridgehead atoms. The summed E-state index contributed by atoms with van der Waals surface area (Å²) in [5.41, 5.74) is 0.880. The molecule has 2 aromatic rings. The molecular weight excluding hydrogens is 388 g/mol. The van der Waals surface area contributed by atoms with Crippen molar-refractivity contribution in [2.75, 3.05) is 13.2 Å². The van der Waals surface area contributed by atoms with Crippen LogP contribution < -0.4 is 14.8 Å². The summed E-state index contributed by atoms with van der Waals surface area (Å²) in [6.45, 7) is 7.01. The van der Waals surface area contributed by atoms with Gasteiger partial charge >= 0.3 is 0 Å². The van der Waals surface area contributed by atoms with Crippen molar-refractivity contribution in [3.8, 4) is 5.75 Å². The number of carbonyl (C=O) groups excluding carboxylic acids is 1. The van der Waals surface area contributed by atoms with E-state index >= 15 is 0 Å². The Balaban J connectivity index is 2.16. The van der Waals surface area contributed by atoms with Gasteiger partial charge in [0, 0.05) is 6.54 Å². The lowest BCUT2D eigenvalue weighted by Gasteiger charge is -2.19. The number of rotatable bonds is 11. The lowest BCUT2D eigenvalue weighted by molar-refractivity contribution is -0.122. The maximum absolute atomic E-state index is 12.9. The van der Waals surface area contributed by atoms with Gasteiger partial charge in [0.05, 0.1) is 11.5 Å². The molecule has 2 rings (SSSR count). The molecule has 0 spiro atoms. The highest BCUT2D eigenvalue weighted by Gasteiger charge is 2.26. The third kappa shape index (κ3) is 7.51. The second-order valence-corrected chi connectivity index (χ2v) is 8.96. The first kappa shape index (κ1) is 22.9. The third-order valence-electron chi connectivity index (χ3n) is 4.36. The molecule has 1 amide bonds. The van der Waals surface area contributed by atoms with E-state index in [2.05, 4.69) is 23.9 Å². The zero-order valence-electron chi connectivity index (χ0n) is 17.2. The van der Waals surface area contributed by atoms with E-state index in [1.165, 1.54) is 12.1 Å². The molecule has 0 fully saturated rings. The van der Waals surface area contributed by atoms with Crippen LogP contribution in [0.3, 0.4) is 0 Å². The zero-order valence-corrected chi connectivity index (χ0v) is 18.0. The van der Waals surface area contributed by atoms with Gasteiger partial charge in [0.25, 0.3) is 0 Å². The van der Waals surface area contributed by atoms with Gasteiger partial charge in [-0.2, -0.15) is 4.72 Å². The molecule has 1 atom stereocenters. The van der Waals surface area contributed by atoms with Crippen LogP contribution in [0.2, 0.25) is 0 Å². The Morgan fingerprint density at radius 3 is 2.28 bits per heavy atom. The van der Waals surface area contributed by atoms with E-state index in [1.807, 2.05) is 37.3 Å². The van der Waals surface area contributed by atoms with Gasteiger partial charge in [-0.05, 0) is 55.5 Å². The normalized spacial score (nSPS) is 12.6. The third-order valence-corrected chi connectivity index (χ3v) is 5.85. The Bertz CT molecular complexity index is 865. The Hall–Kier alpha value is -2.38. The van der Waals surface area contributed by atoms with Crippen molar-refractivity contribution in [1.29, 1.82) is 0 Å². The van der Waals surface area contributed by atoms with E-state index < -0.39 is 16.1 Å². The topological polar surface area (TPSA) is 84.5 Å². The molecule has 0 aliphatic heterocycles. The van der Waals surface area contributed by atoms with Gasteiger partial charge in [-0.15, -0.1) is 0 Å². The highest BCUT2D eigenvalue weighted by Crippen LogP contribution is 2.17. The molecule has 7 heteroatoms. The molecule has 0 saturated heterocycles. The first-order valence-electron chi connectivity index (χ1n) is 9.88. The summed E-state index contributed by atoms with van der Waals surface area (Å²) in [7, 11) is -3.86. The van der Waals surface area contributed by atoms with Gasteiger partial charge in [0.15, 0.2) is 0 Å². The van der Waals surface area contributed by atoms with E-state index in [9.17, 15) is 13.2 Å². The summed E-state index contributed by atoms with van der Waals surface area (Å²) < 4.78 is 33.6. The Labute approximate surface area is 173 Å². The molecule has 2 aromatic carbocycles. The molecule has 0 saturated carbocycles. The Morgan fingerprint density at radius 1 is 1.03 bits per heavy atom. The first-order chi connectivity index (χ1) is 13.8. The summed E-state index contributed by atoms with van der Waals surface area (Å²) in [4.78, 5) is 12.8. The van der Waals surface area contributed by atoms with E-state index in [-0.39, 0.29) is 17.2 Å². The van der Waals surface area contributed by atoms with Gasteiger partial charge in [0.2, 0.25) is 15.9 Å². The van der Waals surface area contributed by atoms with Crippen molar-refractivity contribution >= 4 is 15.9 Å². The van der Waals surface area contributed by atoms with Crippen LogP contribution >= 0.6 is 0 Å². The smallest absolute Gasteiger partial charge is 0.241 e. The maximum Gasteiger partial charge on any atom is 0.241 e. The number of hydrogen-bond donors (Lipinski definition) is 2. The summed E-state index contributed by atoms with van der Waals surface area (Å²) in [5, 5.41) is 2.85. The number of benzene rings is 2. The molecule has 0 aliphatic carbocycles. The molecule has 158 valence electrons. The molecule has 0 radical (unpaired) electrons. The van der Waals surface area contributed by atoms with Gasteiger partial charge in [-0.25, -0.2) is 8.42 Å². The lowest BCUT2D eigenvalue weighted by atomic mass is 10.1. The maximum atomic E-state index is 12.9. The molecule has 2 N–H and O–H groups in total. The quantitative estimate of drug-likeness (QED) is 0.587. The molecule has 6 nitrogen and oxygen atoms in total. The average Bonchev–Trinajstić information content (AvgIpc) is 2.68. The minimum absolute atomic E-state index is 0.0917. The minimum Gasteiger partial charge on any atom is -0.494 e. The van der Waals surface area contributed by atoms with E-state index in [1.54, 1.807) is 12.1 Å². The fourth-order valence-corrected chi connectivity index (χ4v) is 3.98. The van der Waals surface area contributed by atoms with E-state index in [0.717, 1.165) is 12.0 Å². The molecule has 29 heavy (non-hydrogen) atoms. The first-order valence-corrected chi connectivity index (χ1v) is 11.4. The minimum atomic E-state index is -3.86. The summed E-state index contributed by atoms with van der Waals surface area (Å²) in [6.07, 6.45) is 1.10. The predicted molar refractivity (Wildman–Crippen MR) is 114 cm³/mol. The van der Waals surface area contributed by atoms with Crippen LogP contribution in [-0.2, 0) is 21.2 Å². The summed E-state index contributed by atoms with van der Waals surface area (Å²) in [5.74, 6) is 0.714. The van der Waals surface area contributed by atoms with Crippen molar-refractivity contribution < 1.29 is 17.9 Å². The molecular formula is C22H30N2O4S. The second-order valence-electron chi connectivity index (χ2n) is 7.24. The molecule has 0 aromatic heterocycles. The Morgan fingerprint density at radius 2 is 1.69 bits per heavy atom. The average molecular weight is 419 g/mol. The number of hydrogen-bond acceptors (Lipinski definition) is 4. The number of carbonyl (C=O) groups is 1. The van der Waals surface area contributed by atoms with E-state index in [0.29, 0.717) is 24.8 Å². The number of ether oxygens (including phenoxy) is 1. The Kier molecular flexibility index (Phi) is 8.67.